The predicted octanol–water partition coefficient (Wildman–Crippen LogP) is 3.68. The normalized spacial score (nSPS) is 16.4. The minimum atomic E-state index is -0.659. The van der Waals surface area contributed by atoms with Crippen molar-refractivity contribution in [3.05, 3.63) is 65.2 Å². The molecule has 2 nitrogen and oxygen atoms in total. The summed E-state index contributed by atoms with van der Waals surface area (Å²) in [4.78, 5) is 12.1. The highest BCUT2D eigenvalue weighted by Gasteiger charge is 2.24. The molecule has 0 saturated heterocycles. The molecule has 2 aromatic carbocycles. The molecule has 1 aliphatic rings. The van der Waals surface area contributed by atoms with Gasteiger partial charge in [0.15, 0.2) is 0 Å². The second-order valence-electron chi connectivity index (χ2n) is 5.32. The van der Waals surface area contributed by atoms with Gasteiger partial charge in [0.1, 0.15) is 17.4 Å². The van der Waals surface area contributed by atoms with Gasteiger partial charge in [-0.05, 0) is 23.3 Å². The quantitative estimate of drug-likeness (QED) is 0.929. The Kier molecular flexibility index (Phi) is 3.69. The summed E-state index contributed by atoms with van der Waals surface area (Å²) in [5.41, 5.74) is 2.44. The van der Waals surface area contributed by atoms with Crippen molar-refractivity contribution in [2.75, 3.05) is 11.9 Å². The van der Waals surface area contributed by atoms with Gasteiger partial charge in [0.05, 0.1) is 0 Å². The molecular weight excluding hydrogens is 272 g/mol. The second-order valence-corrected chi connectivity index (χ2v) is 5.32. The first-order valence-corrected chi connectivity index (χ1v) is 6.92. The number of halogens is 2. The summed E-state index contributed by atoms with van der Waals surface area (Å²) in [6, 6.07) is 11.2. The van der Waals surface area contributed by atoms with Gasteiger partial charge in [-0.3, -0.25) is 4.79 Å². The molecule has 21 heavy (non-hydrogen) atoms. The van der Waals surface area contributed by atoms with Crippen molar-refractivity contribution in [2.24, 2.45) is 0 Å². The van der Waals surface area contributed by atoms with Crippen molar-refractivity contribution < 1.29 is 13.6 Å². The third kappa shape index (κ3) is 2.94. The van der Waals surface area contributed by atoms with Gasteiger partial charge in [-0.1, -0.05) is 24.3 Å². The van der Waals surface area contributed by atoms with E-state index in [-0.39, 0.29) is 23.7 Å². The van der Waals surface area contributed by atoms with Crippen LogP contribution >= 0.6 is 0 Å². The second kappa shape index (κ2) is 5.64. The van der Waals surface area contributed by atoms with Crippen LogP contribution in [0.5, 0.6) is 0 Å². The predicted molar refractivity (Wildman–Crippen MR) is 77.4 cm³/mol. The van der Waals surface area contributed by atoms with Crippen LogP contribution < -0.4 is 5.32 Å². The maximum atomic E-state index is 13.6. The molecule has 2 aromatic rings. The number of rotatable bonds is 4. The summed E-state index contributed by atoms with van der Waals surface area (Å²) in [6.45, 7) is 0.719. The summed E-state index contributed by atoms with van der Waals surface area (Å²) in [7, 11) is 0. The van der Waals surface area contributed by atoms with Gasteiger partial charge in [0.25, 0.3) is 0 Å². The molecule has 1 atom stereocenters. The molecule has 0 radical (unpaired) electrons. The Morgan fingerprint density at radius 2 is 2.00 bits per heavy atom. The van der Waals surface area contributed by atoms with Crippen molar-refractivity contribution in [1.82, 2.24) is 0 Å². The monoisotopic (exact) mass is 287 g/mol. The number of para-hydroxylation sites is 1. The fraction of sp³-hybridized carbons (Fsp3) is 0.235. The number of anilines is 1. The topological polar surface area (TPSA) is 29.1 Å². The third-order valence-corrected chi connectivity index (χ3v) is 3.82. The summed E-state index contributed by atoms with van der Waals surface area (Å²) in [6.07, 6.45) is 0.367. The lowest BCUT2D eigenvalue weighted by Crippen LogP contribution is -2.12. The SMILES string of the molecule is O=C(Cc1ccc(F)cc1F)CC1CNc2ccccc21. The number of hydrogen-bond donors (Lipinski definition) is 1. The largest absolute Gasteiger partial charge is 0.384 e. The Labute approximate surface area is 121 Å². The lowest BCUT2D eigenvalue weighted by molar-refractivity contribution is -0.118. The van der Waals surface area contributed by atoms with Crippen LogP contribution in [0.25, 0.3) is 0 Å². The number of carbonyl (C=O) groups is 1. The van der Waals surface area contributed by atoms with Crippen molar-refractivity contribution in [2.45, 2.75) is 18.8 Å². The Morgan fingerprint density at radius 3 is 2.81 bits per heavy atom. The molecule has 0 fully saturated rings. The summed E-state index contributed by atoms with van der Waals surface area (Å²) < 4.78 is 26.4. The Morgan fingerprint density at radius 1 is 1.19 bits per heavy atom. The number of ketones is 1. The summed E-state index contributed by atoms with van der Waals surface area (Å²) in [5.74, 6) is -1.20. The number of nitrogens with one attached hydrogen (secondary N) is 1. The first-order chi connectivity index (χ1) is 10.1. The van der Waals surface area contributed by atoms with E-state index < -0.39 is 11.6 Å². The Bertz CT molecular complexity index is 684. The molecule has 1 aliphatic heterocycles. The molecule has 0 bridgehead atoms. The molecule has 1 heterocycles. The van der Waals surface area contributed by atoms with E-state index in [2.05, 4.69) is 5.32 Å². The smallest absolute Gasteiger partial charge is 0.138 e. The summed E-state index contributed by atoms with van der Waals surface area (Å²) in [5, 5.41) is 3.26. The molecule has 0 aromatic heterocycles. The van der Waals surface area contributed by atoms with Crippen molar-refractivity contribution >= 4 is 11.5 Å². The first-order valence-electron chi connectivity index (χ1n) is 6.92. The van der Waals surface area contributed by atoms with E-state index in [1.54, 1.807) is 0 Å². The average Bonchev–Trinajstić information content (AvgIpc) is 2.85. The van der Waals surface area contributed by atoms with E-state index in [0.29, 0.717) is 6.42 Å². The van der Waals surface area contributed by atoms with E-state index in [4.69, 9.17) is 0 Å². The highest BCUT2D eigenvalue weighted by atomic mass is 19.1. The van der Waals surface area contributed by atoms with Crippen LogP contribution in [0.4, 0.5) is 14.5 Å². The molecule has 1 unspecified atom stereocenters. The molecule has 0 amide bonds. The standard InChI is InChI=1S/C17H15F2NO/c18-13-6-5-11(16(19)9-13)7-14(21)8-12-10-20-17-4-2-1-3-15(12)17/h1-6,9,12,20H,7-8,10H2. The maximum absolute atomic E-state index is 13.6. The van der Waals surface area contributed by atoms with Crippen LogP contribution in [0.15, 0.2) is 42.5 Å². The summed E-state index contributed by atoms with van der Waals surface area (Å²) >= 11 is 0. The van der Waals surface area contributed by atoms with Gasteiger partial charge in [-0.2, -0.15) is 0 Å². The van der Waals surface area contributed by atoms with E-state index in [1.165, 1.54) is 12.1 Å². The molecule has 108 valence electrons. The maximum Gasteiger partial charge on any atom is 0.138 e. The van der Waals surface area contributed by atoms with Crippen LogP contribution in [0, 0.1) is 11.6 Å². The fourth-order valence-corrected chi connectivity index (χ4v) is 2.76. The molecular formula is C17H15F2NO. The van der Waals surface area contributed by atoms with Gasteiger partial charge in [0.2, 0.25) is 0 Å². The van der Waals surface area contributed by atoms with Crippen LogP contribution in [-0.2, 0) is 11.2 Å². The average molecular weight is 287 g/mol. The number of fused-ring (bicyclic) bond motifs is 1. The van der Waals surface area contributed by atoms with Crippen LogP contribution in [0.3, 0.4) is 0 Å². The number of benzene rings is 2. The van der Waals surface area contributed by atoms with Crippen molar-refractivity contribution in [3.63, 3.8) is 0 Å². The minimum Gasteiger partial charge on any atom is -0.384 e. The van der Waals surface area contributed by atoms with Gasteiger partial charge < -0.3 is 5.32 Å². The van der Waals surface area contributed by atoms with Gasteiger partial charge in [0, 0.05) is 37.1 Å². The van der Waals surface area contributed by atoms with E-state index in [9.17, 15) is 13.6 Å². The number of hydrogen-bond acceptors (Lipinski definition) is 2. The third-order valence-electron chi connectivity index (χ3n) is 3.82. The number of Topliss-reactive ketones (excluding diaryl/α,β-unsaturated/α-hetero) is 1. The molecule has 0 spiro atoms. The zero-order valence-corrected chi connectivity index (χ0v) is 11.4. The van der Waals surface area contributed by atoms with Gasteiger partial charge in [-0.25, -0.2) is 8.78 Å². The Hall–Kier alpha value is -2.23. The Balaban J connectivity index is 1.68. The van der Waals surface area contributed by atoms with E-state index in [1.807, 2.05) is 24.3 Å². The zero-order chi connectivity index (χ0) is 14.8. The van der Waals surface area contributed by atoms with Gasteiger partial charge in [-0.15, -0.1) is 0 Å². The molecule has 4 heteroatoms. The van der Waals surface area contributed by atoms with Crippen LogP contribution in [0.2, 0.25) is 0 Å². The molecule has 1 N–H and O–H groups in total. The van der Waals surface area contributed by atoms with Crippen molar-refractivity contribution in [1.29, 1.82) is 0 Å². The molecule has 0 saturated carbocycles. The molecule has 3 rings (SSSR count). The van der Waals surface area contributed by atoms with E-state index >= 15 is 0 Å². The first kappa shape index (κ1) is 13.7. The van der Waals surface area contributed by atoms with Crippen LogP contribution in [-0.4, -0.2) is 12.3 Å². The highest BCUT2D eigenvalue weighted by Crippen LogP contribution is 2.33. The van der Waals surface area contributed by atoms with E-state index in [0.717, 1.165) is 23.9 Å². The lowest BCUT2D eigenvalue weighted by Gasteiger charge is -2.09. The van der Waals surface area contributed by atoms with Crippen molar-refractivity contribution in [3.8, 4) is 0 Å². The van der Waals surface area contributed by atoms with Crippen LogP contribution in [0.1, 0.15) is 23.5 Å². The number of carbonyl (C=O) groups excluding carboxylic acids is 1. The molecule has 0 aliphatic carbocycles. The van der Waals surface area contributed by atoms with Gasteiger partial charge >= 0.3 is 0 Å². The fourth-order valence-electron chi connectivity index (χ4n) is 2.76. The minimum absolute atomic E-state index is 0.00474. The highest BCUT2D eigenvalue weighted by molar-refractivity contribution is 5.82. The zero-order valence-electron chi connectivity index (χ0n) is 11.4. The lowest BCUT2D eigenvalue weighted by atomic mass is 9.93.